The Bertz CT molecular complexity index is 246. The average molecular weight is 264 g/mol. The van der Waals surface area contributed by atoms with Crippen molar-refractivity contribution in [1.82, 2.24) is 0 Å². The lowest BCUT2D eigenvalue weighted by molar-refractivity contribution is -0.304. The molecule has 106 valence electrons. The van der Waals surface area contributed by atoms with E-state index in [9.17, 15) is 15.0 Å². The van der Waals surface area contributed by atoms with Gasteiger partial charge < -0.3 is 34.3 Å². The molecule has 1 rings (SSSR count). The molecule has 0 amide bonds. The summed E-state index contributed by atoms with van der Waals surface area (Å²) in [5.41, 5.74) is 0. The number of aliphatic hydroxyl groups is 3. The molecule has 1 aliphatic rings. The highest BCUT2D eigenvalue weighted by atomic mass is 16.7. The van der Waals surface area contributed by atoms with Crippen molar-refractivity contribution in [3.8, 4) is 0 Å². The number of hydrogen-bond acceptors (Lipinski definition) is 7. The zero-order valence-electron chi connectivity index (χ0n) is 10.3. The second kappa shape index (κ2) is 7.78. The molecule has 7 heteroatoms. The van der Waals surface area contributed by atoms with Crippen molar-refractivity contribution in [2.24, 2.45) is 0 Å². The summed E-state index contributed by atoms with van der Waals surface area (Å²) >= 11 is 0. The second-order valence-electron chi connectivity index (χ2n) is 4.09. The van der Waals surface area contributed by atoms with Gasteiger partial charge in [-0.3, -0.25) is 0 Å². The van der Waals surface area contributed by atoms with Crippen LogP contribution in [0.25, 0.3) is 0 Å². The highest BCUT2D eigenvalue weighted by Crippen LogP contribution is 2.23. The summed E-state index contributed by atoms with van der Waals surface area (Å²) < 4.78 is 15.5. The Hall–Kier alpha value is -0.570. The molecule has 0 aromatic rings. The Kier molecular flexibility index (Phi) is 6.69. The van der Waals surface area contributed by atoms with Gasteiger partial charge in [0, 0.05) is 13.5 Å². The summed E-state index contributed by atoms with van der Waals surface area (Å²) in [6.45, 7) is -0.126. The largest absolute Gasteiger partial charge is 0.394 e. The predicted octanol–water partition coefficient (Wildman–Crippen LogP) is -1.56. The van der Waals surface area contributed by atoms with Gasteiger partial charge in [-0.05, 0) is 6.42 Å². The topological polar surface area (TPSA) is 105 Å². The lowest BCUT2D eigenvalue weighted by Gasteiger charge is -2.41. The van der Waals surface area contributed by atoms with E-state index in [0.717, 1.165) is 6.29 Å². The van der Waals surface area contributed by atoms with E-state index in [1.54, 1.807) is 0 Å². The van der Waals surface area contributed by atoms with Crippen LogP contribution in [0.4, 0.5) is 0 Å². The summed E-state index contributed by atoms with van der Waals surface area (Å²) in [4.78, 5) is 10.1. The van der Waals surface area contributed by atoms with Crippen molar-refractivity contribution in [3.63, 3.8) is 0 Å². The smallest absolute Gasteiger partial charge is 0.186 e. The summed E-state index contributed by atoms with van der Waals surface area (Å²) in [6, 6.07) is 0. The molecule has 7 nitrogen and oxygen atoms in total. The van der Waals surface area contributed by atoms with Crippen molar-refractivity contribution in [1.29, 1.82) is 0 Å². The first-order chi connectivity index (χ1) is 8.65. The van der Waals surface area contributed by atoms with E-state index in [4.69, 9.17) is 19.3 Å². The van der Waals surface area contributed by atoms with Crippen LogP contribution in [0.3, 0.4) is 0 Å². The van der Waals surface area contributed by atoms with Gasteiger partial charge in [0.2, 0.25) is 0 Å². The number of aldehydes is 1. The minimum Gasteiger partial charge on any atom is -0.394 e. The van der Waals surface area contributed by atoms with E-state index in [1.807, 2.05) is 0 Å². The molecule has 3 unspecified atom stereocenters. The van der Waals surface area contributed by atoms with Crippen molar-refractivity contribution in [2.75, 3.05) is 20.3 Å². The number of ether oxygens (including phenoxy) is 3. The first-order valence-electron chi connectivity index (χ1n) is 5.86. The molecule has 0 aromatic heterocycles. The zero-order chi connectivity index (χ0) is 13.5. The molecule has 18 heavy (non-hydrogen) atoms. The fourth-order valence-electron chi connectivity index (χ4n) is 1.85. The number of carbonyl (C=O) groups is 1. The Morgan fingerprint density at radius 3 is 2.61 bits per heavy atom. The van der Waals surface area contributed by atoms with E-state index in [0.29, 0.717) is 12.8 Å². The molecule has 0 saturated carbocycles. The van der Waals surface area contributed by atoms with Gasteiger partial charge in [-0.2, -0.15) is 0 Å². The number of hydrogen-bond donors (Lipinski definition) is 3. The van der Waals surface area contributed by atoms with Crippen LogP contribution < -0.4 is 0 Å². The highest BCUT2D eigenvalue weighted by molar-refractivity contribution is 5.48. The van der Waals surface area contributed by atoms with E-state index in [-0.39, 0.29) is 13.2 Å². The molecule has 1 heterocycles. The van der Waals surface area contributed by atoms with E-state index in [2.05, 4.69) is 0 Å². The molecule has 1 fully saturated rings. The molecule has 1 aliphatic heterocycles. The average Bonchev–Trinajstić information content (AvgIpc) is 2.39. The van der Waals surface area contributed by atoms with Gasteiger partial charge in [-0.15, -0.1) is 0 Å². The first kappa shape index (κ1) is 15.5. The fourth-order valence-corrected chi connectivity index (χ4v) is 1.85. The Morgan fingerprint density at radius 1 is 1.33 bits per heavy atom. The molecule has 0 spiro atoms. The standard InChI is InChI=1S/C11H20O7/c1-16-10-7(6-13)18-11(9(15)8(10)14)17-5-3-2-4-12/h4,7-11,13-15H,2-3,5-6H2,1H3/t7?,8-,9?,10-,11?/m1/s1. The number of rotatable bonds is 7. The third-order valence-corrected chi connectivity index (χ3v) is 2.84. The van der Waals surface area contributed by atoms with Crippen LogP contribution in [0.2, 0.25) is 0 Å². The molecule has 0 bridgehead atoms. The Labute approximate surface area is 105 Å². The molecule has 1 saturated heterocycles. The van der Waals surface area contributed by atoms with Crippen LogP contribution in [0.5, 0.6) is 0 Å². The van der Waals surface area contributed by atoms with Crippen LogP contribution in [0.1, 0.15) is 12.8 Å². The van der Waals surface area contributed by atoms with Crippen LogP contribution in [0.15, 0.2) is 0 Å². The van der Waals surface area contributed by atoms with Crippen molar-refractivity contribution in [3.05, 3.63) is 0 Å². The van der Waals surface area contributed by atoms with Crippen LogP contribution in [-0.4, -0.2) is 72.6 Å². The van der Waals surface area contributed by atoms with Gasteiger partial charge in [-0.25, -0.2) is 0 Å². The molecular weight excluding hydrogens is 244 g/mol. The summed E-state index contributed by atoms with van der Waals surface area (Å²) in [6.07, 6.45) is -3.42. The third-order valence-electron chi connectivity index (χ3n) is 2.84. The van der Waals surface area contributed by atoms with Crippen LogP contribution >= 0.6 is 0 Å². The van der Waals surface area contributed by atoms with E-state index >= 15 is 0 Å². The molecular formula is C11H20O7. The molecule has 0 radical (unpaired) electrons. The molecule has 0 aliphatic carbocycles. The van der Waals surface area contributed by atoms with Gasteiger partial charge in [0.25, 0.3) is 0 Å². The number of aliphatic hydroxyl groups excluding tert-OH is 3. The monoisotopic (exact) mass is 264 g/mol. The quantitative estimate of drug-likeness (QED) is 0.377. The fraction of sp³-hybridized carbons (Fsp3) is 0.909. The molecule has 3 N–H and O–H groups in total. The van der Waals surface area contributed by atoms with Gasteiger partial charge in [-0.1, -0.05) is 0 Å². The van der Waals surface area contributed by atoms with Crippen LogP contribution in [-0.2, 0) is 19.0 Å². The minimum absolute atomic E-state index is 0.225. The Balaban J connectivity index is 2.50. The van der Waals surface area contributed by atoms with Gasteiger partial charge >= 0.3 is 0 Å². The maximum absolute atomic E-state index is 10.1. The number of carbonyl (C=O) groups excluding carboxylic acids is 1. The first-order valence-corrected chi connectivity index (χ1v) is 5.86. The SMILES string of the molecule is CO[C@@H]1C(CO)OC(OCCCC=O)C(O)[C@H]1O. The van der Waals surface area contributed by atoms with Gasteiger partial charge in [0.1, 0.15) is 30.7 Å². The highest BCUT2D eigenvalue weighted by Gasteiger charge is 2.44. The summed E-state index contributed by atoms with van der Waals surface area (Å²) in [7, 11) is 1.36. The summed E-state index contributed by atoms with van der Waals surface area (Å²) in [5.74, 6) is 0. The summed E-state index contributed by atoms with van der Waals surface area (Å²) in [5, 5.41) is 28.7. The number of methoxy groups -OCH3 is 1. The normalized spacial score (nSPS) is 36.6. The lowest BCUT2D eigenvalue weighted by Crippen LogP contribution is -2.59. The lowest BCUT2D eigenvalue weighted by atomic mass is 9.99. The third kappa shape index (κ3) is 3.71. The van der Waals surface area contributed by atoms with Crippen molar-refractivity contribution >= 4 is 6.29 Å². The molecule has 0 aromatic carbocycles. The minimum atomic E-state index is -1.26. The van der Waals surface area contributed by atoms with Gasteiger partial charge in [0.05, 0.1) is 13.2 Å². The van der Waals surface area contributed by atoms with E-state index in [1.165, 1.54) is 7.11 Å². The van der Waals surface area contributed by atoms with E-state index < -0.39 is 30.7 Å². The Morgan fingerprint density at radius 2 is 2.06 bits per heavy atom. The maximum atomic E-state index is 10.1. The number of unbranched alkanes of at least 4 members (excludes halogenated alkanes) is 1. The van der Waals surface area contributed by atoms with Gasteiger partial charge in [0.15, 0.2) is 6.29 Å². The second-order valence-corrected chi connectivity index (χ2v) is 4.09. The van der Waals surface area contributed by atoms with Crippen LogP contribution in [0, 0.1) is 0 Å². The zero-order valence-corrected chi connectivity index (χ0v) is 10.3. The maximum Gasteiger partial charge on any atom is 0.186 e. The van der Waals surface area contributed by atoms with Crippen molar-refractivity contribution in [2.45, 2.75) is 43.5 Å². The predicted molar refractivity (Wildman–Crippen MR) is 59.8 cm³/mol. The molecule has 5 atom stereocenters. The van der Waals surface area contributed by atoms with Crippen molar-refractivity contribution < 1.29 is 34.3 Å².